The van der Waals surface area contributed by atoms with Gasteiger partial charge in [-0.3, -0.25) is 4.79 Å². The molecule has 1 aromatic carbocycles. The number of methoxy groups -OCH3 is 1. The molecule has 0 saturated carbocycles. The molecular weight excluding hydrogens is 412 g/mol. The first-order valence-electron chi connectivity index (χ1n) is 10.3. The van der Waals surface area contributed by atoms with Crippen molar-refractivity contribution in [2.45, 2.75) is 25.8 Å². The minimum atomic E-state index is -0.722. The van der Waals surface area contributed by atoms with Gasteiger partial charge in [0.05, 0.1) is 18.6 Å². The average molecular weight is 438 g/mol. The molecule has 0 amide bonds. The van der Waals surface area contributed by atoms with Crippen LogP contribution in [-0.4, -0.2) is 44.0 Å². The van der Waals surface area contributed by atoms with E-state index in [1.54, 1.807) is 22.8 Å². The van der Waals surface area contributed by atoms with Crippen molar-refractivity contribution in [2.24, 2.45) is 5.73 Å². The van der Waals surface area contributed by atoms with Crippen molar-refractivity contribution in [1.29, 1.82) is 5.26 Å². The van der Waals surface area contributed by atoms with Crippen LogP contribution in [0.25, 0.3) is 0 Å². The number of nitrogens with two attached hydrogens (primary N) is 1. The van der Waals surface area contributed by atoms with Crippen LogP contribution in [0.4, 0.5) is 0 Å². The van der Waals surface area contributed by atoms with Gasteiger partial charge in [-0.05, 0) is 51.7 Å². The first kappa shape index (κ1) is 21.6. The van der Waals surface area contributed by atoms with E-state index >= 15 is 0 Å². The molecule has 0 spiro atoms. The van der Waals surface area contributed by atoms with Crippen LogP contribution >= 0.6 is 0 Å². The van der Waals surface area contributed by atoms with Gasteiger partial charge in [-0.15, -0.1) is 0 Å². The Morgan fingerprint density at radius 2 is 2.06 bits per heavy atom. The second-order valence-corrected chi connectivity index (χ2v) is 8.06. The van der Waals surface area contributed by atoms with E-state index in [0.29, 0.717) is 40.7 Å². The number of fused-ring (bicyclic) bond motifs is 2. The number of ether oxygens (including phenoxy) is 4. The molecule has 0 bridgehead atoms. The third-order valence-corrected chi connectivity index (χ3v) is 5.69. The summed E-state index contributed by atoms with van der Waals surface area (Å²) in [5, 5.41) is 9.89. The molecule has 1 atom stereocenters. The van der Waals surface area contributed by atoms with Crippen LogP contribution < -0.4 is 30.2 Å². The highest BCUT2D eigenvalue weighted by Gasteiger charge is 2.36. The number of benzene rings is 1. The Morgan fingerprint density at radius 1 is 1.28 bits per heavy atom. The fourth-order valence-electron chi connectivity index (χ4n) is 4.16. The maximum absolute atomic E-state index is 13.7. The van der Waals surface area contributed by atoms with Crippen molar-refractivity contribution >= 4 is 0 Å². The summed E-state index contributed by atoms with van der Waals surface area (Å²) >= 11 is 0. The van der Waals surface area contributed by atoms with Crippen molar-refractivity contribution in [3.05, 3.63) is 56.8 Å². The number of hydrogen-bond acceptors (Lipinski definition) is 8. The van der Waals surface area contributed by atoms with E-state index in [4.69, 9.17) is 24.7 Å². The Bertz CT molecular complexity index is 1190. The van der Waals surface area contributed by atoms with Gasteiger partial charge in [0.1, 0.15) is 17.4 Å². The van der Waals surface area contributed by atoms with Crippen LogP contribution in [0, 0.1) is 18.3 Å². The molecule has 2 aliphatic rings. The van der Waals surface area contributed by atoms with Gasteiger partial charge in [0.15, 0.2) is 11.5 Å². The van der Waals surface area contributed by atoms with Crippen molar-refractivity contribution < 1.29 is 18.9 Å². The van der Waals surface area contributed by atoms with Gasteiger partial charge in [0.2, 0.25) is 18.4 Å². The number of allylic oxidation sites excluding steroid dienone is 1. The topological polar surface area (TPSA) is 112 Å². The number of rotatable bonds is 6. The van der Waals surface area contributed by atoms with Gasteiger partial charge < -0.3 is 34.1 Å². The summed E-state index contributed by atoms with van der Waals surface area (Å²) in [6, 6.07) is 7.42. The molecule has 0 fully saturated rings. The molecule has 4 rings (SSSR count). The van der Waals surface area contributed by atoms with Crippen LogP contribution in [0.1, 0.15) is 29.2 Å². The summed E-state index contributed by atoms with van der Waals surface area (Å²) in [6.07, 6.45) is 0.805. The first-order valence-corrected chi connectivity index (χ1v) is 10.3. The van der Waals surface area contributed by atoms with Crippen LogP contribution in [0.15, 0.2) is 34.4 Å². The third-order valence-electron chi connectivity index (χ3n) is 5.69. The fourth-order valence-corrected chi connectivity index (χ4v) is 4.16. The number of nitriles is 1. The smallest absolute Gasteiger partial charge is 0.258 e. The number of pyridine rings is 1. The van der Waals surface area contributed by atoms with Crippen molar-refractivity contribution in [2.75, 3.05) is 34.5 Å². The highest BCUT2D eigenvalue weighted by atomic mass is 16.7. The lowest BCUT2D eigenvalue weighted by Gasteiger charge is -2.27. The monoisotopic (exact) mass is 438 g/mol. The van der Waals surface area contributed by atoms with Gasteiger partial charge in [-0.25, -0.2) is 0 Å². The summed E-state index contributed by atoms with van der Waals surface area (Å²) < 4.78 is 23.9. The van der Waals surface area contributed by atoms with Crippen molar-refractivity contribution in [3.63, 3.8) is 0 Å². The molecule has 9 heteroatoms. The van der Waals surface area contributed by atoms with E-state index in [0.717, 1.165) is 18.7 Å². The Labute approximate surface area is 186 Å². The Morgan fingerprint density at radius 3 is 2.75 bits per heavy atom. The predicted molar refractivity (Wildman–Crippen MR) is 117 cm³/mol. The number of nitrogens with zero attached hydrogens (tertiary/aromatic N) is 3. The lowest BCUT2D eigenvalue weighted by molar-refractivity contribution is 0.171. The van der Waals surface area contributed by atoms with E-state index in [2.05, 4.69) is 11.0 Å². The Kier molecular flexibility index (Phi) is 5.72. The van der Waals surface area contributed by atoms with Crippen LogP contribution in [0.2, 0.25) is 0 Å². The normalized spacial score (nSPS) is 16.6. The van der Waals surface area contributed by atoms with Crippen LogP contribution in [0.5, 0.6) is 23.0 Å². The van der Waals surface area contributed by atoms with Gasteiger partial charge in [0.25, 0.3) is 5.56 Å². The van der Waals surface area contributed by atoms with Gasteiger partial charge >= 0.3 is 0 Å². The second-order valence-electron chi connectivity index (χ2n) is 8.06. The molecule has 1 unspecified atom stereocenters. The molecule has 2 aromatic rings. The zero-order valence-electron chi connectivity index (χ0n) is 18.6. The summed E-state index contributed by atoms with van der Waals surface area (Å²) in [4.78, 5) is 15.7. The van der Waals surface area contributed by atoms with E-state index in [1.807, 2.05) is 21.0 Å². The summed E-state index contributed by atoms with van der Waals surface area (Å²) in [5.74, 6) is 1.05. The van der Waals surface area contributed by atoms with Gasteiger partial charge in [-0.2, -0.15) is 5.26 Å². The van der Waals surface area contributed by atoms with E-state index < -0.39 is 5.92 Å². The first-order chi connectivity index (χ1) is 15.3. The molecule has 0 radical (unpaired) electrons. The van der Waals surface area contributed by atoms with E-state index in [9.17, 15) is 10.1 Å². The molecule has 0 saturated heterocycles. The molecule has 168 valence electrons. The minimum Gasteiger partial charge on any atom is -0.493 e. The summed E-state index contributed by atoms with van der Waals surface area (Å²) in [5.41, 5.74) is 7.83. The zero-order chi connectivity index (χ0) is 23.0. The van der Waals surface area contributed by atoms with E-state index in [-0.39, 0.29) is 23.8 Å². The molecule has 1 aromatic heterocycles. The molecular formula is C23H26N4O5. The summed E-state index contributed by atoms with van der Waals surface area (Å²) in [7, 11) is 5.51. The maximum Gasteiger partial charge on any atom is 0.258 e. The van der Waals surface area contributed by atoms with Gasteiger partial charge in [-0.1, -0.05) is 0 Å². The Balaban J connectivity index is 1.89. The summed E-state index contributed by atoms with van der Waals surface area (Å²) in [6.45, 7) is 3.33. The van der Waals surface area contributed by atoms with Crippen molar-refractivity contribution in [3.8, 4) is 29.1 Å². The lowest BCUT2D eigenvalue weighted by atomic mass is 9.83. The minimum absolute atomic E-state index is 0.0224. The second kappa shape index (κ2) is 8.48. The quantitative estimate of drug-likeness (QED) is 0.730. The largest absolute Gasteiger partial charge is 0.493 e. The average Bonchev–Trinajstić information content (AvgIpc) is 3.23. The van der Waals surface area contributed by atoms with Crippen LogP contribution in [0.3, 0.4) is 0 Å². The fraction of sp³-hybridized carbons (Fsp3) is 0.391. The lowest BCUT2D eigenvalue weighted by Crippen LogP contribution is -2.33. The predicted octanol–water partition coefficient (Wildman–Crippen LogP) is 2.06. The standard InChI is InChI=1S/C23H26N4O5/c1-13-8-16-20(23(28)27(13)7-5-6-26(2)3)19(15(11-24)22(25)32-16)14-9-17(29-4)21-18(10-14)30-12-31-21/h8-10,19H,5-7,12,25H2,1-4H3. The molecule has 9 nitrogen and oxygen atoms in total. The molecule has 0 aliphatic carbocycles. The molecule has 2 aliphatic heterocycles. The molecule has 3 heterocycles. The number of hydrogen-bond donors (Lipinski definition) is 1. The van der Waals surface area contributed by atoms with Crippen molar-refractivity contribution in [1.82, 2.24) is 9.47 Å². The third kappa shape index (κ3) is 3.63. The molecule has 2 N–H and O–H groups in total. The highest BCUT2D eigenvalue weighted by molar-refractivity contribution is 5.61. The Hall–Kier alpha value is -3.64. The van der Waals surface area contributed by atoms with Gasteiger partial charge in [0, 0.05) is 18.3 Å². The maximum atomic E-state index is 13.7. The number of aryl methyl sites for hydroxylation is 1. The molecule has 32 heavy (non-hydrogen) atoms. The SMILES string of the molecule is COc1cc(C2C(C#N)=C(N)Oc3cc(C)n(CCCN(C)C)c(=O)c32)cc2c1OCO2. The number of aromatic nitrogens is 1. The van der Waals surface area contributed by atoms with E-state index in [1.165, 1.54) is 7.11 Å². The highest BCUT2D eigenvalue weighted by Crippen LogP contribution is 2.47. The zero-order valence-corrected chi connectivity index (χ0v) is 18.6. The van der Waals surface area contributed by atoms with Crippen LogP contribution in [-0.2, 0) is 6.54 Å².